The molecule has 0 heterocycles. The normalized spacial score (nSPS) is 10.9. The first-order valence-corrected chi connectivity index (χ1v) is 3.58. The third-order valence-electron chi connectivity index (χ3n) is 1.44. The highest BCUT2D eigenvalue weighted by molar-refractivity contribution is 5.57. The van der Waals surface area contributed by atoms with E-state index in [9.17, 15) is 17.6 Å². The Hall–Kier alpha value is -1.97. The summed E-state index contributed by atoms with van der Waals surface area (Å²) >= 11 is 0. The summed E-state index contributed by atoms with van der Waals surface area (Å²) < 4.78 is 51.6. The number of hydrogen-bond acceptors (Lipinski definition) is 3. The molecule has 2 N–H and O–H groups in total. The summed E-state index contributed by atoms with van der Waals surface area (Å²) in [5.74, 6) is -1.95. The third-order valence-corrected chi connectivity index (χ3v) is 1.44. The fourth-order valence-electron chi connectivity index (χ4n) is 0.913. The number of nitrogen functional groups attached to an aromatic ring is 1. The van der Waals surface area contributed by atoms with Crippen LogP contribution >= 0.6 is 0 Å². The van der Waals surface area contributed by atoms with Gasteiger partial charge in [0.15, 0.2) is 0 Å². The van der Waals surface area contributed by atoms with E-state index in [1.54, 1.807) is 0 Å². The number of hydrogen-bond donors (Lipinski definition) is 1. The number of benzene rings is 1. The first kappa shape index (κ1) is 11.1. The molecule has 0 amide bonds. The molecule has 0 bridgehead atoms. The topological polar surface area (TPSA) is 59.0 Å². The van der Waals surface area contributed by atoms with Gasteiger partial charge in [-0.25, -0.2) is 4.39 Å². The molecule has 0 spiro atoms. The van der Waals surface area contributed by atoms with Gasteiger partial charge in [0.25, 0.3) is 0 Å². The molecule has 0 fully saturated rings. The lowest BCUT2D eigenvalue weighted by Gasteiger charge is -2.09. The predicted molar refractivity (Wildman–Crippen MR) is 42.2 cm³/mol. The van der Waals surface area contributed by atoms with Crippen LogP contribution in [0.5, 0.6) is 5.75 Å². The van der Waals surface area contributed by atoms with Crippen molar-refractivity contribution in [1.82, 2.24) is 0 Å². The van der Waals surface area contributed by atoms with Crippen LogP contribution in [0.4, 0.5) is 23.2 Å². The Morgan fingerprint density at radius 3 is 2.33 bits per heavy atom. The molecule has 0 aliphatic carbocycles. The highest BCUT2D eigenvalue weighted by atomic mass is 19.4. The number of ether oxygens (including phenoxy) is 1. The van der Waals surface area contributed by atoms with Gasteiger partial charge in [0.2, 0.25) is 0 Å². The Balaban J connectivity index is 3.11. The number of nitriles is 1. The zero-order chi connectivity index (χ0) is 11.6. The van der Waals surface area contributed by atoms with E-state index in [0.29, 0.717) is 6.07 Å². The first-order chi connectivity index (χ1) is 6.83. The van der Waals surface area contributed by atoms with Gasteiger partial charge >= 0.3 is 6.36 Å². The summed E-state index contributed by atoms with van der Waals surface area (Å²) in [7, 11) is 0. The van der Waals surface area contributed by atoms with Crippen molar-refractivity contribution in [3.05, 3.63) is 23.5 Å². The first-order valence-electron chi connectivity index (χ1n) is 3.58. The van der Waals surface area contributed by atoms with E-state index >= 15 is 0 Å². The fourth-order valence-corrected chi connectivity index (χ4v) is 0.913. The minimum Gasteiger partial charge on any atom is -0.406 e. The van der Waals surface area contributed by atoms with Gasteiger partial charge in [0.05, 0.1) is 5.69 Å². The minimum atomic E-state index is -4.92. The van der Waals surface area contributed by atoms with Gasteiger partial charge in [-0.15, -0.1) is 13.2 Å². The number of nitrogens with two attached hydrogens (primary N) is 1. The van der Waals surface area contributed by atoms with Gasteiger partial charge in [-0.3, -0.25) is 0 Å². The number of alkyl halides is 3. The van der Waals surface area contributed by atoms with E-state index in [4.69, 9.17) is 11.0 Å². The smallest absolute Gasteiger partial charge is 0.406 e. The molecule has 0 aliphatic heterocycles. The van der Waals surface area contributed by atoms with Crippen LogP contribution in [0.25, 0.3) is 0 Å². The largest absolute Gasteiger partial charge is 0.573 e. The van der Waals surface area contributed by atoms with Gasteiger partial charge in [-0.05, 0) is 0 Å². The Labute approximate surface area is 81.7 Å². The fraction of sp³-hybridized carbons (Fsp3) is 0.125. The van der Waals surface area contributed by atoms with Crippen molar-refractivity contribution in [1.29, 1.82) is 5.26 Å². The van der Waals surface area contributed by atoms with Crippen LogP contribution in [-0.4, -0.2) is 6.36 Å². The summed E-state index contributed by atoms with van der Waals surface area (Å²) in [5.41, 5.74) is 4.23. The molecule has 0 saturated heterocycles. The second kappa shape index (κ2) is 3.65. The van der Waals surface area contributed by atoms with Gasteiger partial charge in [0.1, 0.15) is 23.2 Å². The lowest BCUT2D eigenvalue weighted by atomic mass is 10.2. The van der Waals surface area contributed by atoms with Crippen molar-refractivity contribution in [2.45, 2.75) is 6.36 Å². The van der Waals surface area contributed by atoms with E-state index in [1.165, 1.54) is 6.07 Å². The van der Waals surface area contributed by atoms with Crippen LogP contribution in [0.15, 0.2) is 12.1 Å². The summed E-state index contributed by atoms with van der Waals surface area (Å²) in [6, 6.07) is 2.59. The number of halogens is 4. The molecule has 7 heteroatoms. The van der Waals surface area contributed by atoms with E-state index in [2.05, 4.69) is 4.74 Å². The lowest BCUT2D eigenvalue weighted by Crippen LogP contribution is -2.17. The van der Waals surface area contributed by atoms with Crippen molar-refractivity contribution in [2.75, 3.05) is 5.73 Å². The lowest BCUT2D eigenvalue weighted by molar-refractivity contribution is -0.274. The SMILES string of the molecule is N#Cc1c(N)cc(OC(F)(F)F)cc1F. The second-order valence-corrected chi connectivity index (χ2v) is 2.53. The zero-order valence-electron chi connectivity index (χ0n) is 7.10. The van der Waals surface area contributed by atoms with E-state index in [1.807, 2.05) is 0 Å². The maximum Gasteiger partial charge on any atom is 0.573 e. The van der Waals surface area contributed by atoms with Gasteiger partial charge < -0.3 is 10.5 Å². The zero-order valence-corrected chi connectivity index (χ0v) is 7.10. The maximum atomic E-state index is 12.9. The highest BCUT2D eigenvalue weighted by Crippen LogP contribution is 2.27. The van der Waals surface area contributed by atoms with Crippen molar-refractivity contribution in [3.63, 3.8) is 0 Å². The maximum absolute atomic E-state index is 12.9. The Bertz CT molecular complexity index is 399. The average molecular weight is 220 g/mol. The van der Waals surface area contributed by atoms with Crippen molar-refractivity contribution >= 4 is 5.69 Å². The number of rotatable bonds is 1. The van der Waals surface area contributed by atoms with Crippen LogP contribution in [0.3, 0.4) is 0 Å². The summed E-state index contributed by atoms with van der Waals surface area (Å²) in [6.45, 7) is 0. The van der Waals surface area contributed by atoms with Crippen LogP contribution in [-0.2, 0) is 0 Å². The molecule has 0 atom stereocenters. The molecule has 0 radical (unpaired) electrons. The molecule has 80 valence electrons. The Kier molecular flexibility index (Phi) is 2.70. The van der Waals surface area contributed by atoms with Gasteiger partial charge in [0, 0.05) is 12.1 Å². The van der Waals surface area contributed by atoms with E-state index in [-0.39, 0.29) is 0 Å². The quantitative estimate of drug-likeness (QED) is 0.582. The second-order valence-electron chi connectivity index (χ2n) is 2.53. The molecule has 0 saturated carbocycles. The Morgan fingerprint density at radius 2 is 1.93 bits per heavy atom. The van der Waals surface area contributed by atoms with E-state index < -0.39 is 29.2 Å². The van der Waals surface area contributed by atoms with E-state index in [0.717, 1.165) is 6.07 Å². The number of anilines is 1. The molecule has 0 unspecified atom stereocenters. The summed E-state index contributed by atoms with van der Waals surface area (Å²) in [4.78, 5) is 0. The molecule has 3 nitrogen and oxygen atoms in total. The summed E-state index contributed by atoms with van der Waals surface area (Å²) in [5, 5.41) is 8.39. The molecular weight excluding hydrogens is 216 g/mol. The molecule has 1 aromatic carbocycles. The average Bonchev–Trinajstić information content (AvgIpc) is 1.99. The predicted octanol–water partition coefficient (Wildman–Crippen LogP) is 2.18. The molecular formula is C8H4F4N2O. The molecule has 1 rings (SSSR count). The van der Waals surface area contributed by atoms with Crippen LogP contribution in [0, 0.1) is 17.1 Å². The van der Waals surface area contributed by atoms with Crippen molar-refractivity contribution in [3.8, 4) is 11.8 Å². The Morgan fingerprint density at radius 1 is 1.33 bits per heavy atom. The monoisotopic (exact) mass is 220 g/mol. The standard InChI is InChI=1S/C8H4F4N2O/c9-6-1-4(15-8(10,11)12)2-7(14)5(6)3-13/h1-2H,14H2. The van der Waals surface area contributed by atoms with Crippen molar-refractivity contribution in [2.24, 2.45) is 0 Å². The van der Waals surface area contributed by atoms with Crippen LogP contribution in [0.1, 0.15) is 5.56 Å². The van der Waals surface area contributed by atoms with Crippen LogP contribution in [0.2, 0.25) is 0 Å². The van der Waals surface area contributed by atoms with Gasteiger partial charge in [-0.2, -0.15) is 5.26 Å². The van der Waals surface area contributed by atoms with Crippen LogP contribution < -0.4 is 10.5 Å². The molecule has 1 aromatic rings. The molecule has 0 aliphatic rings. The summed E-state index contributed by atoms with van der Waals surface area (Å²) in [6.07, 6.45) is -4.92. The minimum absolute atomic E-state index is 0.406. The number of nitrogens with zero attached hydrogens (tertiary/aromatic N) is 1. The molecule has 0 aromatic heterocycles. The van der Waals surface area contributed by atoms with Gasteiger partial charge in [-0.1, -0.05) is 0 Å². The molecule has 15 heavy (non-hydrogen) atoms. The van der Waals surface area contributed by atoms with Crippen molar-refractivity contribution < 1.29 is 22.3 Å². The highest BCUT2D eigenvalue weighted by Gasteiger charge is 2.31. The third kappa shape index (κ3) is 2.74.